The number of ether oxygens (including phenoxy) is 2. The van der Waals surface area contributed by atoms with Crippen LogP contribution in [-0.2, 0) is 31.3 Å². The molecule has 4 heterocycles. The number of benzene rings is 2. The number of carbonyl (C=O) groups is 4. The van der Waals surface area contributed by atoms with Gasteiger partial charge in [0.2, 0.25) is 30.4 Å². The maximum atomic E-state index is 13.7. The van der Waals surface area contributed by atoms with Crippen molar-refractivity contribution in [1.29, 1.82) is 0 Å². The summed E-state index contributed by atoms with van der Waals surface area (Å²) in [5.74, 6) is -2.98. The summed E-state index contributed by atoms with van der Waals surface area (Å²) in [7, 11) is 0. The Morgan fingerprint density at radius 1 is 1.12 bits per heavy atom. The zero-order valence-corrected chi connectivity index (χ0v) is 18.4. The lowest BCUT2D eigenvalue weighted by atomic mass is 9.76. The average molecular weight is 483 g/mol. The van der Waals surface area contributed by atoms with Gasteiger partial charge in [0, 0.05) is 28.7 Å². The highest BCUT2D eigenvalue weighted by molar-refractivity contribution is 6.31. The molecule has 0 aliphatic carbocycles. The number of fused-ring (bicyclic) bond motifs is 5. The first-order valence-corrected chi connectivity index (χ1v) is 11.1. The molecule has 2 aromatic carbocycles. The van der Waals surface area contributed by atoms with E-state index in [1.165, 1.54) is 0 Å². The molecule has 4 aliphatic heterocycles. The van der Waals surface area contributed by atoms with Gasteiger partial charge in [-0.1, -0.05) is 17.7 Å². The zero-order valence-electron chi connectivity index (χ0n) is 17.7. The fourth-order valence-electron chi connectivity index (χ4n) is 5.60. The Balaban J connectivity index is 1.42. The van der Waals surface area contributed by atoms with Crippen LogP contribution >= 0.6 is 11.6 Å². The second-order valence-electron chi connectivity index (χ2n) is 8.83. The lowest BCUT2D eigenvalue weighted by Crippen LogP contribution is -2.53. The fourth-order valence-corrected chi connectivity index (χ4v) is 5.78. The topological polar surface area (TPSA) is 140 Å². The number of rotatable bonds is 4. The molecule has 4 atom stereocenters. The molecule has 4 amide bonds. The molecular weight excluding hydrogens is 464 g/mol. The van der Waals surface area contributed by atoms with Gasteiger partial charge in [-0.2, -0.15) is 0 Å². The van der Waals surface area contributed by atoms with Crippen molar-refractivity contribution in [3.63, 3.8) is 0 Å². The van der Waals surface area contributed by atoms with Crippen molar-refractivity contribution in [1.82, 2.24) is 10.2 Å². The Kier molecular flexibility index (Phi) is 4.42. The van der Waals surface area contributed by atoms with Gasteiger partial charge in [-0.05, 0) is 35.9 Å². The first-order chi connectivity index (χ1) is 16.3. The zero-order chi connectivity index (χ0) is 23.8. The van der Waals surface area contributed by atoms with Gasteiger partial charge in [0.15, 0.2) is 11.5 Å². The molecule has 2 saturated heterocycles. The number of nitrogens with one attached hydrogen (secondary N) is 2. The second kappa shape index (κ2) is 7.18. The van der Waals surface area contributed by atoms with Crippen LogP contribution in [0.4, 0.5) is 5.69 Å². The third-order valence-corrected chi connectivity index (χ3v) is 7.20. The predicted molar refractivity (Wildman–Crippen MR) is 118 cm³/mol. The van der Waals surface area contributed by atoms with E-state index in [1.54, 1.807) is 36.4 Å². The van der Waals surface area contributed by atoms with Crippen molar-refractivity contribution >= 4 is 40.9 Å². The molecule has 0 bridgehead atoms. The van der Waals surface area contributed by atoms with Gasteiger partial charge in [0.1, 0.15) is 5.54 Å². The Labute approximate surface area is 198 Å². The summed E-state index contributed by atoms with van der Waals surface area (Å²) < 4.78 is 10.7. The van der Waals surface area contributed by atoms with Crippen molar-refractivity contribution in [2.24, 2.45) is 17.6 Å². The smallest absolute Gasteiger partial charge is 0.250 e. The molecule has 10 nitrogen and oxygen atoms in total. The van der Waals surface area contributed by atoms with E-state index < -0.39 is 47.0 Å². The van der Waals surface area contributed by atoms with E-state index in [0.717, 1.165) is 4.90 Å². The van der Waals surface area contributed by atoms with Crippen LogP contribution in [0.25, 0.3) is 0 Å². The molecule has 0 saturated carbocycles. The summed E-state index contributed by atoms with van der Waals surface area (Å²) in [6.45, 7) is 0.0925. The largest absolute Gasteiger partial charge is 0.454 e. The van der Waals surface area contributed by atoms with Crippen molar-refractivity contribution in [2.45, 2.75) is 24.5 Å². The standard InChI is InChI=1S/C23H19ClN4O6/c24-11-2-3-13-12(6-11)23(22(32)26-13)19-18(14(27-23)7-17(25)29)20(30)28(21(19)31)8-10-1-4-15-16(5-10)34-9-33-15/h1-6,14,18-19,27H,7-9H2,(H2,25,29)(H,26,32)/t14-,18-,19+,23-/m1/s1. The molecule has 2 aromatic rings. The van der Waals surface area contributed by atoms with Crippen LogP contribution in [-0.4, -0.2) is 41.4 Å². The van der Waals surface area contributed by atoms with Crippen molar-refractivity contribution in [2.75, 3.05) is 12.1 Å². The van der Waals surface area contributed by atoms with Gasteiger partial charge < -0.3 is 20.5 Å². The summed E-state index contributed by atoms with van der Waals surface area (Å²) >= 11 is 6.22. The Bertz CT molecular complexity index is 1300. The first-order valence-electron chi connectivity index (χ1n) is 10.7. The molecule has 1 spiro atoms. The quantitative estimate of drug-likeness (QED) is 0.549. The monoisotopic (exact) mass is 482 g/mol. The van der Waals surface area contributed by atoms with Gasteiger partial charge in [-0.25, -0.2) is 0 Å². The van der Waals surface area contributed by atoms with E-state index in [9.17, 15) is 19.2 Å². The van der Waals surface area contributed by atoms with Gasteiger partial charge in [-0.15, -0.1) is 0 Å². The molecule has 2 fully saturated rings. The van der Waals surface area contributed by atoms with Crippen LogP contribution in [0.15, 0.2) is 36.4 Å². The summed E-state index contributed by atoms with van der Waals surface area (Å²) in [4.78, 5) is 53.6. The van der Waals surface area contributed by atoms with Crippen LogP contribution < -0.4 is 25.8 Å². The van der Waals surface area contributed by atoms with Crippen molar-refractivity contribution in [3.05, 3.63) is 52.5 Å². The van der Waals surface area contributed by atoms with Crippen molar-refractivity contribution in [3.8, 4) is 11.5 Å². The SMILES string of the molecule is NC(=O)C[C@H]1N[C@@]2(C(=O)Nc3ccc(Cl)cc32)[C@@H]2C(=O)N(Cc3ccc4c(c3)OCO4)C(=O)[C@@H]21. The van der Waals surface area contributed by atoms with E-state index >= 15 is 0 Å². The first kappa shape index (κ1) is 20.9. The van der Waals surface area contributed by atoms with E-state index in [1.807, 2.05) is 0 Å². The number of imide groups is 1. The second-order valence-corrected chi connectivity index (χ2v) is 9.26. The van der Waals surface area contributed by atoms with Crippen LogP contribution in [0.5, 0.6) is 11.5 Å². The molecule has 0 unspecified atom stereocenters. The maximum absolute atomic E-state index is 13.7. The minimum Gasteiger partial charge on any atom is -0.454 e. The van der Waals surface area contributed by atoms with E-state index in [2.05, 4.69) is 10.6 Å². The highest BCUT2D eigenvalue weighted by Gasteiger charge is 2.70. The Morgan fingerprint density at radius 2 is 1.91 bits per heavy atom. The van der Waals surface area contributed by atoms with Crippen LogP contribution in [0.2, 0.25) is 5.02 Å². The summed E-state index contributed by atoms with van der Waals surface area (Å²) in [6, 6.07) is 9.25. The maximum Gasteiger partial charge on any atom is 0.250 e. The number of primary amides is 1. The molecule has 11 heteroatoms. The number of anilines is 1. The number of nitrogens with zero attached hydrogens (tertiary/aromatic N) is 1. The molecule has 4 N–H and O–H groups in total. The van der Waals surface area contributed by atoms with E-state index in [-0.39, 0.29) is 19.8 Å². The van der Waals surface area contributed by atoms with Gasteiger partial charge in [-0.3, -0.25) is 29.4 Å². The van der Waals surface area contributed by atoms with Crippen LogP contribution in [0.3, 0.4) is 0 Å². The third kappa shape index (κ3) is 2.78. The van der Waals surface area contributed by atoms with Gasteiger partial charge in [0.25, 0.3) is 0 Å². The summed E-state index contributed by atoms with van der Waals surface area (Å²) in [5.41, 5.74) is 5.54. The summed E-state index contributed by atoms with van der Waals surface area (Å²) in [5, 5.41) is 6.29. The predicted octanol–water partition coefficient (Wildman–Crippen LogP) is 0.865. The number of halogens is 1. The Hall–Kier alpha value is -3.63. The molecular formula is C23H19ClN4O6. The molecule has 6 rings (SSSR count). The van der Waals surface area contributed by atoms with Crippen LogP contribution in [0, 0.1) is 11.8 Å². The fraction of sp³-hybridized carbons (Fsp3) is 0.304. The van der Waals surface area contributed by atoms with Gasteiger partial charge in [0.05, 0.1) is 18.4 Å². The molecule has 0 aromatic heterocycles. The highest BCUT2D eigenvalue weighted by atomic mass is 35.5. The number of nitrogens with two attached hydrogens (primary N) is 1. The third-order valence-electron chi connectivity index (χ3n) is 6.97. The highest BCUT2D eigenvalue weighted by Crippen LogP contribution is 2.54. The Morgan fingerprint density at radius 3 is 2.71 bits per heavy atom. The van der Waals surface area contributed by atoms with Crippen LogP contribution in [0.1, 0.15) is 17.5 Å². The lowest BCUT2D eigenvalue weighted by Gasteiger charge is -2.29. The molecule has 34 heavy (non-hydrogen) atoms. The molecule has 174 valence electrons. The minimum atomic E-state index is -1.54. The molecule has 0 radical (unpaired) electrons. The summed E-state index contributed by atoms with van der Waals surface area (Å²) in [6.07, 6.45) is -0.205. The normalized spacial score (nSPS) is 28.4. The lowest BCUT2D eigenvalue weighted by molar-refractivity contribution is -0.143. The van der Waals surface area contributed by atoms with E-state index in [0.29, 0.717) is 33.3 Å². The minimum absolute atomic E-state index is 0.00923. The number of hydrogen-bond donors (Lipinski definition) is 3. The van der Waals surface area contributed by atoms with Crippen molar-refractivity contribution < 1.29 is 28.7 Å². The number of carbonyl (C=O) groups excluding carboxylic acids is 4. The average Bonchev–Trinajstić information content (AvgIpc) is 3.51. The number of amides is 4. The molecule has 4 aliphatic rings. The van der Waals surface area contributed by atoms with E-state index in [4.69, 9.17) is 26.8 Å². The van der Waals surface area contributed by atoms with Gasteiger partial charge >= 0.3 is 0 Å². The number of hydrogen-bond acceptors (Lipinski definition) is 7. The number of likely N-dealkylation sites (tertiary alicyclic amines) is 1.